The van der Waals surface area contributed by atoms with E-state index in [2.05, 4.69) is 39.8 Å². The number of carboxylic acid groups (broad SMARTS) is 1. The van der Waals surface area contributed by atoms with Crippen LogP contribution in [0.3, 0.4) is 0 Å². The average Bonchev–Trinajstić information content (AvgIpc) is 3.49. The van der Waals surface area contributed by atoms with E-state index in [-0.39, 0.29) is 36.9 Å². The fraction of sp³-hybridized carbons (Fsp3) is 0.344. The molecule has 0 bridgehead atoms. The number of alkyl carbamates (subject to hydrolysis) is 1. The lowest BCUT2D eigenvalue weighted by molar-refractivity contribution is -0.148. The molecule has 206 valence electrons. The summed E-state index contributed by atoms with van der Waals surface area (Å²) < 4.78 is 5.62. The van der Waals surface area contributed by atoms with Crippen LogP contribution in [-0.4, -0.2) is 59.3 Å². The molecule has 1 atom stereocenters. The number of amides is 2. The van der Waals surface area contributed by atoms with Crippen LogP contribution in [0.1, 0.15) is 41.9 Å². The van der Waals surface area contributed by atoms with E-state index in [9.17, 15) is 19.5 Å². The third-order valence-electron chi connectivity index (χ3n) is 8.54. The second kappa shape index (κ2) is 10.8. The zero-order valence-corrected chi connectivity index (χ0v) is 22.2. The monoisotopic (exact) mass is 539 g/mol. The highest BCUT2D eigenvalue weighted by molar-refractivity contribution is 5.89. The van der Waals surface area contributed by atoms with E-state index < -0.39 is 17.6 Å². The quantitative estimate of drug-likeness (QED) is 0.397. The molecule has 40 heavy (non-hydrogen) atoms. The van der Waals surface area contributed by atoms with Gasteiger partial charge in [-0.1, -0.05) is 78.9 Å². The molecule has 3 N–H and O–H groups in total. The van der Waals surface area contributed by atoms with Crippen LogP contribution in [0.15, 0.2) is 78.9 Å². The van der Waals surface area contributed by atoms with Crippen molar-refractivity contribution in [3.05, 3.63) is 95.6 Å². The molecule has 8 heteroatoms. The van der Waals surface area contributed by atoms with Crippen LogP contribution in [0, 0.1) is 5.92 Å². The molecule has 1 unspecified atom stereocenters. The third kappa shape index (κ3) is 5.07. The normalized spacial score (nSPS) is 23.5. The van der Waals surface area contributed by atoms with Gasteiger partial charge in [-0.3, -0.25) is 9.69 Å². The molecule has 0 radical (unpaired) electrons. The van der Waals surface area contributed by atoms with Crippen LogP contribution in [0.5, 0.6) is 0 Å². The van der Waals surface area contributed by atoms with Crippen LogP contribution >= 0.6 is 0 Å². The average molecular weight is 540 g/mol. The maximum absolute atomic E-state index is 13.0. The molecule has 1 saturated carbocycles. The second-order valence-electron chi connectivity index (χ2n) is 11.2. The zero-order valence-electron chi connectivity index (χ0n) is 22.2. The van der Waals surface area contributed by atoms with Gasteiger partial charge in [0, 0.05) is 37.5 Å². The number of carboxylic acids is 1. The van der Waals surface area contributed by atoms with Gasteiger partial charge in [0.05, 0.1) is 0 Å². The minimum absolute atomic E-state index is 0.0156. The van der Waals surface area contributed by atoms with Gasteiger partial charge < -0.3 is 20.5 Å². The SMILES string of the molecule is O=C(NC1CC(C(=O)NC2(C(=O)O)CCN(Cc3ccccc3)C2)C1)OCC1c2ccccc2-c2ccccc21. The van der Waals surface area contributed by atoms with Gasteiger partial charge >= 0.3 is 12.1 Å². The number of hydrogen-bond acceptors (Lipinski definition) is 5. The van der Waals surface area contributed by atoms with Crippen LogP contribution in [0.4, 0.5) is 4.79 Å². The first-order chi connectivity index (χ1) is 19.4. The van der Waals surface area contributed by atoms with Crippen molar-refractivity contribution in [3.8, 4) is 11.1 Å². The molecule has 3 aromatic carbocycles. The number of nitrogens with one attached hydrogen (secondary N) is 2. The first-order valence-electron chi connectivity index (χ1n) is 13.8. The van der Waals surface area contributed by atoms with E-state index >= 15 is 0 Å². The van der Waals surface area contributed by atoms with Gasteiger partial charge in [-0.25, -0.2) is 9.59 Å². The van der Waals surface area contributed by atoms with E-state index in [1.165, 1.54) is 11.1 Å². The first-order valence-corrected chi connectivity index (χ1v) is 13.8. The van der Waals surface area contributed by atoms with Crippen molar-refractivity contribution in [1.82, 2.24) is 15.5 Å². The zero-order chi connectivity index (χ0) is 27.7. The Kier molecular flexibility index (Phi) is 7.02. The fourth-order valence-corrected chi connectivity index (χ4v) is 6.29. The highest BCUT2D eigenvalue weighted by Crippen LogP contribution is 2.44. The number of rotatable bonds is 8. The number of likely N-dealkylation sites (tertiary alicyclic amines) is 1. The van der Waals surface area contributed by atoms with E-state index in [4.69, 9.17) is 4.74 Å². The minimum atomic E-state index is -1.29. The standard InChI is InChI=1S/C32H33N3O5/c36-29(34-32(30(37)38)14-15-35(20-32)18-21-8-2-1-3-9-21)22-16-23(17-22)33-31(39)40-19-28-26-12-6-4-10-24(26)25-11-5-7-13-27(25)28/h1-13,22-23,28H,14-20H2,(H,33,39)(H,34,36)(H,37,38). The van der Waals surface area contributed by atoms with Crippen LogP contribution in [0.2, 0.25) is 0 Å². The summed E-state index contributed by atoms with van der Waals surface area (Å²) in [6.45, 7) is 1.73. The molecule has 1 saturated heterocycles. The molecular weight excluding hydrogens is 506 g/mol. The van der Waals surface area contributed by atoms with Gasteiger partial charge in [-0.2, -0.15) is 0 Å². The summed E-state index contributed by atoms with van der Waals surface area (Å²) in [5.74, 6) is -1.63. The summed E-state index contributed by atoms with van der Waals surface area (Å²) in [6, 6.07) is 26.1. The largest absolute Gasteiger partial charge is 0.479 e. The number of carbonyl (C=O) groups excluding carboxylic acids is 2. The molecule has 3 aliphatic rings. The molecule has 6 rings (SSSR count). The molecule has 3 aromatic rings. The summed E-state index contributed by atoms with van der Waals surface area (Å²) in [4.78, 5) is 39.9. The number of aliphatic carboxylic acids is 1. The molecule has 2 amide bonds. The van der Waals surface area contributed by atoms with Crippen molar-refractivity contribution in [2.24, 2.45) is 5.92 Å². The fourth-order valence-electron chi connectivity index (χ4n) is 6.29. The number of hydrogen-bond donors (Lipinski definition) is 3. The van der Waals surface area contributed by atoms with Crippen molar-refractivity contribution >= 4 is 18.0 Å². The van der Waals surface area contributed by atoms with Gasteiger partial charge in [-0.05, 0) is 47.1 Å². The van der Waals surface area contributed by atoms with Crippen molar-refractivity contribution < 1.29 is 24.2 Å². The Hall–Kier alpha value is -4.17. The Morgan fingerprint density at radius 2 is 1.52 bits per heavy atom. The second-order valence-corrected chi connectivity index (χ2v) is 11.2. The number of nitrogens with zero attached hydrogens (tertiary/aromatic N) is 1. The highest BCUT2D eigenvalue weighted by Gasteiger charge is 2.48. The topological polar surface area (TPSA) is 108 Å². The molecular formula is C32H33N3O5. The van der Waals surface area contributed by atoms with Gasteiger partial charge in [0.2, 0.25) is 5.91 Å². The van der Waals surface area contributed by atoms with E-state index in [1.54, 1.807) is 0 Å². The lowest BCUT2D eigenvalue weighted by atomic mass is 9.79. The van der Waals surface area contributed by atoms with Crippen molar-refractivity contribution in [3.63, 3.8) is 0 Å². The van der Waals surface area contributed by atoms with Crippen LogP contribution in [0.25, 0.3) is 11.1 Å². The highest BCUT2D eigenvalue weighted by atomic mass is 16.5. The van der Waals surface area contributed by atoms with Gasteiger partial charge in [0.25, 0.3) is 0 Å². The number of fused-ring (bicyclic) bond motifs is 3. The molecule has 0 aromatic heterocycles. The predicted octanol–water partition coefficient (Wildman–Crippen LogP) is 4.15. The molecule has 2 aliphatic carbocycles. The molecule has 2 fully saturated rings. The molecule has 0 spiro atoms. The molecule has 8 nitrogen and oxygen atoms in total. The summed E-state index contributed by atoms with van der Waals surface area (Å²) in [5.41, 5.74) is 4.46. The van der Waals surface area contributed by atoms with Crippen molar-refractivity contribution in [2.45, 2.75) is 43.3 Å². The van der Waals surface area contributed by atoms with Crippen molar-refractivity contribution in [2.75, 3.05) is 19.7 Å². The van der Waals surface area contributed by atoms with Crippen molar-refractivity contribution in [1.29, 1.82) is 0 Å². The molecule has 1 aliphatic heterocycles. The maximum Gasteiger partial charge on any atom is 0.407 e. The Bertz CT molecular complexity index is 1380. The predicted molar refractivity (Wildman–Crippen MR) is 150 cm³/mol. The number of carbonyl (C=O) groups is 3. The van der Waals surface area contributed by atoms with Gasteiger partial charge in [-0.15, -0.1) is 0 Å². The van der Waals surface area contributed by atoms with Gasteiger partial charge in [0.15, 0.2) is 5.54 Å². The summed E-state index contributed by atoms with van der Waals surface area (Å²) in [5, 5.41) is 15.7. The number of benzene rings is 3. The van der Waals surface area contributed by atoms with E-state index in [1.807, 2.05) is 54.6 Å². The Morgan fingerprint density at radius 3 is 2.17 bits per heavy atom. The lowest BCUT2D eigenvalue weighted by Crippen LogP contribution is -2.60. The van der Waals surface area contributed by atoms with E-state index in [0.717, 1.165) is 16.7 Å². The van der Waals surface area contributed by atoms with Crippen LogP contribution in [-0.2, 0) is 20.9 Å². The van der Waals surface area contributed by atoms with E-state index in [0.29, 0.717) is 32.4 Å². The summed E-state index contributed by atoms with van der Waals surface area (Å²) in [6.07, 6.45) is 0.772. The Labute approximate surface area is 233 Å². The maximum atomic E-state index is 13.0. The third-order valence-corrected chi connectivity index (χ3v) is 8.54. The summed E-state index contributed by atoms with van der Waals surface area (Å²) in [7, 11) is 0. The van der Waals surface area contributed by atoms with Crippen LogP contribution < -0.4 is 10.6 Å². The molecule has 1 heterocycles. The number of ether oxygens (including phenoxy) is 1. The Balaban J connectivity index is 0.981. The smallest absolute Gasteiger partial charge is 0.407 e. The van der Waals surface area contributed by atoms with Gasteiger partial charge in [0.1, 0.15) is 6.61 Å². The Morgan fingerprint density at radius 1 is 0.900 bits per heavy atom. The lowest BCUT2D eigenvalue weighted by Gasteiger charge is -2.37. The summed E-state index contributed by atoms with van der Waals surface area (Å²) >= 11 is 0. The first kappa shape index (κ1) is 26.1. The minimum Gasteiger partial charge on any atom is -0.479 e.